The van der Waals surface area contributed by atoms with Gasteiger partial charge in [0.2, 0.25) is 0 Å². The average Bonchev–Trinajstić information content (AvgIpc) is 2.55. The van der Waals surface area contributed by atoms with Gasteiger partial charge in [-0.1, -0.05) is 42.8 Å². The first-order valence-corrected chi connectivity index (χ1v) is 7.44. The fourth-order valence-electron chi connectivity index (χ4n) is 2.13. The van der Waals surface area contributed by atoms with Crippen molar-refractivity contribution in [3.05, 3.63) is 59.7 Å². The lowest BCUT2D eigenvalue weighted by molar-refractivity contribution is 0.217. The van der Waals surface area contributed by atoms with Crippen LogP contribution in [0.4, 0.5) is 0 Å². The lowest BCUT2D eigenvalue weighted by Crippen LogP contribution is -2.10. The Bertz CT molecular complexity index is 594. The van der Waals surface area contributed by atoms with Gasteiger partial charge in [-0.3, -0.25) is 0 Å². The normalized spacial score (nSPS) is 10.8. The smallest absolute Gasteiger partial charge is 0.128 e. The van der Waals surface area contributed by atoms with E-state index in [1.807, 2.05) is 36.4 Å². The van der Waals surface area contributed by atoms with Crippen molar-refractivity contribution in [1.82, 2.24) is 0 Å². The molecule has 0 atom stereocenters. The van der Waals surface area contributed by atoms with Gasteiger partial charge >= 0.3 is 0 Å². The minimum absolute atomic E-state index is 0.424. The number of ether oxygens (including phenoxy) is 2. The SMILES string of the molecule is CCCc1ccc(OCCOc2ccccc2/C=N/O)cc1. The van der Waals surface area contributed by atoms with Gasteiger partial charge < -0.3 is 14.7 Å². The Balaban J connectivity index is 1.79. The highest BCUT2D eigenvalue weighted by molar-refractivity contribution is 5.82. The lowest BCUT2D eigenvalue weighted by Gasteiger charge is -2.10. The summed E-state index contributed by atoms with van der Waals surface area (Å²) in [6, 6.07) is 15.5. The molecule has 2 aromatic carbocycles. The van der Waals surface area contributed by atoms with Crippen LogP contribution in [0.1, 0.15) is 24.5 Å². The molecule has 1 N–H and O–H groups in total. The number of rotatable bonds is 8. The van der Waals surface area contributed by atoms with Crippen molar-refractivity contribution in [3.63, 3.8) is 0 Å². The molecule has 0 aliphatic carbocycles. The van der Waals surface area contributed by atoms with E-state index in [1.54, 1.807) is 0 Å². The molecule has 4 heteroatoms. The number of hydrogen-bond donors (Lipinski definition) is 1. The van der Waals surface area contributed by atoms with Crippen molar-refractivity contribution in [1.29, 1.82) is 0 Å². The molecule has 0 amide bonds. The second-order valence-corrected chi connectivity index (χ2v) is 4.87. The lowest BCUT2D eigenvalue weighted by atomic mass is 10.1. The largest absolute Gasteiger partial charge is 0.490 e. The Morgan fingerprint density at radius 2 is 1.73 bits per heavy atom. The first-order chi connectivity index (χ1) is 10.8. The molecular weight excluding hydrogens is 278 g/mol. The highest BCUT2D eigenvalue weighted by Crippen LogP contribution is 2.16. The molecule has 0 unspecified atom stereocenters. The first kappa shape index (κ1) is 15.9. The summed E-state index contributed by atoms with van der Waals surface area (Å²) in [6.45, 7) is 3.05. The van der Waals surface area contributed by atoms with Gasteiger partial charge in [-0.2, -0.15) is 0 Å². The van der Waals surface area contributed by atoms with Crippen LogP contribution in [0.15, 0.2) is 53.7 Å². The summed E-state index contributed by atoms with van der Waals surface area (Å²) in [5.74, 6) is 1.51. The van der Waals surface area contributed by atoms with E-state index < -0.39 is 0 Å². The van der Waals surface area contributed by atoms with Crippen LogP contribution in [0.3, 0.4) is 0 Å². The van der Waals surface area contributed by atoms with Crippen molar-refractivity contribution in [3.8, 4) is 11.5 Å². The Morgan fingerprint density at radius 3 is 2.45 bits per heavy atom. The number of hydrogen-bond acceptors (Lipinski definition) is 4. The molecule has 0 saturated heterocycles. The van der Waals surface area contributed by atoms with E-state index in [1.165, 1.54) is 11.8 Å². The van der Waals surface area contributed by atoms with Crippen molar-refractivity contribution in [2.75, 3.05) is 13.2 Å². The van der Waals surface area contributed by atoms with Crippen LogP contribution in [0.25, 0.3) is 0 Å². The molecule has 0 aliphatic heterocycles. The number of para-hydroxylation sites is 1. The number of benzene rings is 2. The van der Waals surface area contributed by atoms with Gasteiger partial charge in [-0.25, -0.2) is 0 Å². The Kier molecular flexibility index (Phi) is 6.30. The number of oxime groups is 1. The number of nitrogens with zero attached hydrogens (tertiary/aromatic N) is 1. The van der Waals surface area contributed by atoms with Crippen LogP contribution in [0.5, 0.6) is 11.5 Å². The Hall–Kier alpha value is -2.49. The Morgan fingerprint density at radius 1 is 1.00 bits per heavy atom. The molecule has 0 aliphatic rings. The summed E-state index contributed by atoms with van der Waals surface area (Å²) in [6.07, 6.45) is 3.58. The highest BCUT2D eigenvalue weighted by atomic mass is 16.5. The van der Waals surface area contributed by atoms with Crippen molar-refractivity contribution >= 4 is 6.21 Å². The molecule has 0 bridgehead atoms. The maximum atomic E-state index is 8.61. The Labute approximate surface area is 131 Å². The fourth-order valence-corrected chi connectivity index (χ4v) is 2.13. The minimum atomic E-state index is 0.424. The fraction of sp³-hybridized carbons (Fsp3) is 0.278. The zero-order valence-electron chi connectivity index (χ0n) is 12.7. The zero-order chi connectivity index (χ0) is 15.6. The summed E-state index contributed by atoms with van der Waals surface area (Å²) in [7, 11) is 0. The minimum Gasteiger partial charge on any atom is -0.490 e. The third-order valence-electron chi connectivity index (χ3n) is 3.19. The molecule has 2 aromatic rings. The quantitative estimate of drug-likeness (QED) is 0.348. The highest BCUT2D eigenvalue weighted by Gasteiger charge is 2.01. The second kappa shape index (κ2) is 8.72. The molecule has 0 spiro atoms. The van der Waals surface area contributed by atoms with Gasteiger partial charge in [0, 0.05) is 5.56 Å². The predicted octanol–water partition coefficient (Wildman–Crippen LogP) is 3.91. The molecule has 116 valence electrons. The standard InChI is InChI=1S/C18H21NO3/c1-2-5-15-8-10-17(11-9-15)21-12-13-22-18-7-4-3-6-16(18)14-19-20/h3-4,6-11,14,20H,2,5,12-13H2,1H3/b19-14+. The van der Waals surface area contributed by atoms with Crippen LogP contribution < -0.4 is 9.47 Å². The van der Waals surface area contributed by atoms with Gasteiger partial charge in [0.05, 0.1) is 6.21 Å². The van der Waals surface area contributed by atoms with E-state index in [4.69, 9.17) is 14.7 Å². The topological polar surface area (TPSA) is 51.0 Å². The van der Waals surface area contributed by atoms with E-state index in [2.05, 4.69) is 24.2 Å². The van der Waals surface area contributed by atoms with Crippen molar-refractivity contribution < 1.29 is 14.7 Å². The zero-order valence-corrected chi connectivity index (χ0v) is 12.7. The molecule has 0 heterocycles. The summed E-state index contributed by atoms with van der Waals surface area (Å²) in [4.78, 5) is 0. The van der Waals surface area contributed by atoms with Crippen LogP contribution >= 0.6 is 0 Å². The van der Waals surface area contributed by atoms with Gasteiger partial charge in [0.1, 0.15) is 24.7 Å². The summed E-state index contributed by atoms with van der Waals surface area (Å²) >= 11 is 0. The first-order valence-electron chi connectivity index (χ1n) is 7.44. The van der Waals surface area contributed by atoms with E-state index in [0.717, 1.165) is 24.2 Å². The van der Waals surface area contributed by atoms with E-state index in [0.29, 0.717) is 19.0 Å². The third-order valence-corrected chi connectivity index (χ3v) is 3.19. The van der Waals surface area contributed by atoms with E-state index in [9.17, 15) is 0 Å². The third kappa shape index (κ3) is 4.81. The van der Waals surface area contributed by atoms with Crippen molar-refractivity contribution in [2.24, 2.45) is 5.16 Å². The summed E-state index contributed by atoms with van der Waals surface area (Å²) in [5.41, 5.74) is 2.05. The molecule has 0 radical (unpaired) electrons. The van der Waals surface area contributed by atoms with Gasteiger partial charge in [-0.15, -0.1) is 0 Å². The maximum absolute atomic E-state index is 8.61. The molecule has 0 aromatic heterocycles. The van der Waals surface area contributed by atoms with Gasteiger partial charge in [0.15, 0.2) is 0 Å². The van der Waals surface area contributed by atoms with Gasteiger partial charge in [0.25, 0.3) is 0 Å². The van der Waals surface area contributed by atoms with Crippen LogP contribution in [0, 0.1) is 0 Å². The maximum Gasteiger partial charge on any atom is 0.128 e. The predicted molar refractivity (Wildman–Crippen MR) is 87.2 cm³/mol. The molecule has 4 nitrogen and oxygen atoms in total. The monoisotopic (exact) mass is 299 g/mol. The summed E-state index contributed by atoms with van der Waals surface area (Å²) < 4.78 is 11.3. The van der Waals surface area contributed by atoms with Crippen molar-refractivity contribution in [2.45, 2.75) is 19.8 Å². The van der Waals surface area contributed by atoms with Crippen LogP contribution in [-0.4, -0.2) is 24.6 Å². The number of aryl methyl sites for hydroxylation is 1. The molecule has 0 fully saturated rings. The summed E-state index contributed by atoms with van der Waals surface area (Å²) in [5, 5.41) is 11.6. The average molecular weight is 299 g/mol. The molecule has 2 rings (SSSR count). The van der Waals surface area contributed by atoms with E-state index >= 15 is 0 Å². The van der Waals surface area contributed by atoms with Gasteiger partial charge in [-0.05, 0) is 36.2 Å². The molecular formula is C18H21NO3. The van der Waals surface area contributed by atoms with Crippen LogP contribution in [0.2, 0.25) is 0 Å². The molecule has 0 saturated carbocycles. The molecule has 22 heavy (non-hydrogen) atoms. The second-order valence-electron chi connectivity index (χ2n) is 4.87. The van der Waals surface area contributed by atoms with Crippen LogP contribution in [-0.2, 0) is 6.42 Å². The van der Waals surface area contributed by atoms with E-state index in [-0.39, 0.29) is 0 Å².